The van der Waals surface area contributed by atoms with Gasteiger partial charge in [-0.2, -0.15) is 4.98 Å². The summed E-state index contributed by atoms with van der Waals surface area (Å²) in [5.74, 6) is -0.0208. The number of carbonyl (C=O) groups is 1. The fraction of sp³-hybridized carbons (Fsp3) is 0.217. The summed E-state index contributed by atoms with van der Waals surface area (Å²) in [6, 6.07) is 7.00. The molecule has 3 heterocycles. The Balaban J connectivity index is 1.85. The highest BCUT2D eigenvalue weighted by atomic mass is 35.5. The summed E-state index contributed by atoms with van der Waals surface area (Å²) in [5, 5.41) is 6.48. The Labute approximate surface area is 200 Å². The molecule has 1 aromatic carbocycles. The molecule has 0 atom stereocenters. The van der Waals surface area contributed by atoms with Crippen LogP contribution in [0.3, 0.4) is 0 Å². The molecule has 0 bridgehead atoms. The first-order chi connectivity index (χ1) is 16.4. The molecule has 0 aliphatic heterocycles. The number of carbonyl (C=O) groups excluding carboxylic acids is 1. The van der Waals surface area contributed by atoms with Crippen molar-refractivity contribution in [3.05, 3.63) is 63.9 Å². The third-order valence-corrected chi connectivity index (χ3v) is 5.44. The van der Waals surface area contributed by atoms with Crippen molar-refractivity contribution >= 4 is 34.5 Å². The Hall–Kier alpha value is -3.89. The fourth-order valence-electron chi connectivity index (χ4n) is 3.53. The van der Waals surface area contributed by atoms with E-state index in [-0.39, 0.29) is 12.5 Å². The summed E-state index contributed by atoms with van der Waals surface area (Å²) in [4.78, 5) is 43.3. The molecule has 4 rings (SSSR count). The minimum Gasteiger partial charge on any atom is -0.357 e. The summed E-state index contributed by atoms with van der Waals surface area (Å²) < 4.78 is 1.31. The lowest BCUT2D eigenvalue weighted by Crippen LogP contribution is -2.35. The number of nitrogens with zero attached hydrogens (tertiary/aromatic N) is 5. The van der Waals surface area contributed by atoms with Gasteiger partial charge < -0.3 is 16.4 Å². The monoisotopic (exact) mass is 478 g/mol. The smallest absolute Gasteiger partial charge is 0.260 e. The van der Waals surface area contributed by atoms with Crippen LogP contribution < -0.4 is 21.9 Å². The van der Waals surface area contributed by atoms with Crippen LogP contribution in [0.25, 0.3) is 33.4 Å². The number of halogens is 1. The molecule has 0 unspecified atom stereocenters. The molecule has 0 spiro atoms. The largest absolute Gasteiger partial charge is 0.357 e. The zero-order chi connectivity index (χ0) is 24.2. The molecule has 34 heavy (non-hydrogen) atoms. The SMILES string of the molecule is CNc1ncc2cc(-c3ccc(-c4cncc(C)n4)cc3Cl)c(=O)n(CC(=O)NCCN)c2n1. The third kappa shape index (κ3) is 4.73. The van der Waals surface area contributed by atoms with Gasteiger partial charge in [-0.3, -0.25) is 19.1 Å². The number of hydrogen-bond acceptors (Lipinski definition) is 8. The Bertz CT molecular complexity index is 1440. The first-order valence-corrected chi connectivity index (χ1v) is 10.9. The number of amides is 1. The van der Waals surface area contributed by atoms with Crippen LogP contribution in [0.15, 0.2) is 47.7 Å². The van der Waals surface area contributed by atoms with Crippen LogP contribution in [0.2, 0.25) is 5.02 Å². The molecule has 10 nitrogen and oxygen atoms in total. The van der Waals surface area contributed by atoms with Crippen LogP contribution in [0, 0.1) is 6.92 Å². The topological polar surface area (TPSA) is 141 Å². The highest BCUT2D eigenvalue weighted by Crippen LogP contribution is 2.31. The van der Waals surface area contributed by atoms with Gasteiger partial charge in [0.2, 0.25) is 11.9 Å². The third-order valence-electron chi connectivity index (χ3n) is 5.13. The van der Waals surface area contributed by atoms with Crippen molar-refractivity contribution in [1.29, 1.82) is 0 Å². The van der Waals surface area contributed by atoms with E-state index >= 15 is 0 Å². The Morgan fingerprint density at radius 3 is 2.68 bits per heavy atom. The van der Waals surface area contributed by atoms with Gasteiger partial charge in [0.05, 0.1) is 17.6 Å². The van der Waals surface area contributed by atoms with E-state index < -0.39 is 5.56 Å². The zero-order valence-corrected chi connectivity index (χ0v) is 19.4. The lowest BCUT2D eigenvalue weighted by Gasteiger charge is -2.14. The van der Waals surface area contributed by atoms with Gasteiger partial charge in [0.25, 0.3) is 5.56 Å². The molecule has 174 valence electrons. The zero-order valence-electron chi connectivity index (χ0n) is 18.7. The molecular weight excluding hydrogens is 456 g/mol. The number of pyridine rings is 1. The quantitative estimate of drug-likeness (QED) is 0.366. The molecule has 0 fully saturated rings. The predicted octanol–water partition coefficient (Wildman–Crippen LogP) is 1.99. The minimum atomic E-state index is -0.402. The first kappa shape index (κ1) is 23.3. The van der Waals surface area contributed by atoms with E-state index in [0.717, 1.165) is 11.3 Å². The Morgan fingerprint density at radius 1 is 1.15 bits per heavy atom. The standard InChI is InChI=1S/C23H23ClN8O2/c1-13-9-27-11-19(30-13)14-3-4-16(18(24)8-14)17-7-15-10-29-23(26-2)31-21(15)32(22(17)34)12-20(33)28-6-5-25/h3-4,7-11H,5-6,12,25H2,1-2H3,(H,28,33)(H,26,29,31). The van der Waals surface area contributed by atoms with Gasteiger partial charge in [-0.25, -0.2) is 9.97 Å². The second kappa shape index (κ2) is 9.94. The lowest BCUT2D eigenvalue weighted by molar-refractivity contribution is -0.121. The molecule has 4 N–H and O–H groups in total. The maximum Gasteiger partial charge on any atom is 0.260 e. The van der Waals surface area contributed by atoms with Crippen LogP contribution in [-0.4, -0.2) is 50.5 Å². The van der Waals surface area contributed by atoms with Crippen LogP contribution in [0.4, 0.5) is 5.95 Å². The second-order valence-corrected chi connectivity index (χ2v) is 7.96. The summed E-state index contributed by atoms with van der Waals surface area (Å²) in [6.07, 6.45) is 4.91. The van der Waals surface area contributed by atoms with Crippen molar-refractivity contribution in [2.75, 3.05) is 25.5 Å². The fourth-order valence-corrected chi connectivity index (χ4v) is 3.81. The van der Waals surface area contributed by atoms with Crippen molar-refractivity contribution in [3.63, 3.8) is 0 Å². The highest BCUT2D eigenvalue weighted by molar-refractivity contribution is 6.33. The van der Waals surface area contributed by atoms with Crippen LogP contribution in [0.5, 0.6) is 0 Å². The van der Waals surface area contributed by atoms with Crippen molar-refractivity contribution in [2.45, 2.75) is 13.5 Å². The molecule has 0 aliphatic carbocycles. The number of aromatic nitrogens is 5. The van der Waals surface area contributed by atoms with E-state index in [9.17, 15) is 9.59 Å². The number of benzene rings is 1. The maximum atomic E-state index is 13.5. The highest BCUT2D eigenvalue weighted by Gasteiger charge is 2.18. The van der Waals surface area contributed by atoms with E-state index in [1.807, 2.05) is 13.0 Å². The Kier molecular flexibility index (Phi) is 6.80. The normalized spacial score (nSPS) is 10.9. The van der Waals surface area contributed by atoms with E-state index in [1.165, 1.54) is 4.57 Å². The molecule has 0 saturated carbocycles. The number of rotatable bonds is 7. The van der Waals surface area contributed by atoms with E-state index in [2.05, 4.69) is 30.6 Å². The van der Waals surface area contributed by atoms with Gasteiger partial charge in [-0.15, -0.1) is 0 Å². The van der Waals surface area contributed by atoms with Gasteiger partial charge in [-0.1, -0.05) is 23.7 Å². The van der Waals surface area contributed by atoms with Gasteiger partial charge in [-0.05, 0) is 19.1 Å². The molecule has 0 aliphatic rings. The first-order valence-electron chi connectivity index (χ1n) is 10.6. The molecular formula is C23H23ClN8O2. The van der Waals surface area contributed by atoms with Crippen molar-refractivity contribution < 1.29 is 4.79 Å². The summed E-state index contributed by atoms with van der Waals surface area (Å²) in [7, 11) is 1.67. The Morgan fingerprint density at radius 2 is 1.97 bits per heavy atom. The van der Waals surface area contributed by atoms with Crippen LogP contribution in [0.1, 0.15) is 5.69 Å². The van der Waals surface area contributed by atoms with Crippen molar-refractivity contribution in [3.8, 4) is 22.4 Å². The summed E-state index contributed by atoms with van der Waals surface area (Å²) in [6.45, 7) is 2.23. The second-order valence-electron chi connectivity index (χ2n) is 7.55. The van der Waals surface area contributed by atoms with Crippen LogP contribution in [-0.2, 0) is 11.3 Å². The van der Waals surface area contributed by atoms with Gasteiger partial charge in [0.1, 0.15) is 12.2 Å². The summed E-state index contributed by atoms with van der Waals surface area (Å²) in [5.41, 5.74) is 8.48. The van der Waals surface area contributed by atoms with E-state index in [4.69, 9.17) is 17.3 Å². The molecule has 11 heteroatoms. The molecule has 0 saturated heterocycles. The van der Waals surface area contributed by atoms with Crippen molar-refractivity contribution in [2.24, 2.45) is 5.73 Å². The van der Waals surface area contributed by atoms with E-state index in [1.54, 1.807) is 43.8 Å². The molecule has 0 radical (unpaired) electrons. The molecule has 3 aromatic heterocycles. The summed E-state index contributed by atoms with van der Waals surface area (Å²) >= 11 is 6.62. The van der Waals surface area contributed by atoms with Crippen molar-refractivity contribution in [1.82, 2.24) is 29.8 Å². The molecule has 4 aromatic rings. The predicted molar refractivity (Wildman–Crippen MR) is 132 cm³/mol. The lowest BCUT2D eigenvalue weighted by atomic mass is 10.0. The van der Waals surface area contributed by atoms with Gasteiger partial charge in [0.15, 0.2) is 0 Å². The average molecular weight is 479 g/mol. The van der Waals surface area contributed by atoms with Gasteiger partial charge >= 0.3 is 0 Å². The van der Waals surface area contributed by atoms with Crippen LogP contribution >= 0.6 is 11.6 Å². The minimum absolute atomic E-state index is 0.224. The number of aryl methyl sites for hydroxylation is 1. The number of anilines is 1. The number of fused-ring (bicyclic) bond motifs is 1. The number of nitrogens with two attached hydrogens (primary N) is 1. The number of hydrogen-bond donors (Lipinski definition) is 3. The molecule has 1 amide bonds. The average Bonchev–Trinajstić information content (AvgIpc) is 2.84. The van der Waals surface area contributed by atoms with E-state index in [0.29, 0.717) is 51.9 Å². The number of nitrogens with one attached hydrogen (secondary N) is 2. The van der Waals surface area contributed by atoms with Gasteiger partial charge in [0, 0.05) is 59.6 Å². The maximum absolute atomic E-state index is 13.5.